The molecule has 0 aliphatic rings. The Morgan fingerprint density at radius 2 is 2.31 bits per heavy atom. The van der Waals surface area contributed by atoms with Gasteiger partial charge >= 0.3 is 0 Å². The van der Waals surface area contributed by atoms with E-state index in [0.717, 1.165) is 18.7 Å². The maximum absolute atomic E-state index is 5.84. The number of nitrogens with zero attached hydrogens (tertiary/aromatic N) is 4. The normalized spacial score (nSPS) is 10.9. The van der Waals surface area contributed by atoms with Crippen molar-refractivity contribution in [2.45, 2.75) is 19.8 Å². The zero-order valence-electron chi connectivity index (χ0n) is 7.24. The molecule has 0 saturated heterocycles. The maximum atomic E-state index is 5.84. The lowest BCUT2D eigenvalue weighted by Crippen LogP contribution is -1.94. The summed E-state index contributed by atoms with van der Waals surface area (Å²) >= 11 is 5.84. The second kappa shape index (κ2) is 3.30. The molecule has 4 nitrogen and oxygen atoms in total. The molecule has 0 radical (unpaired) electrons. The number of hydrogen-bond acceptors (Lipinski definition) is 3. The van der Waals surface area contributed by atoms with Crippen LogP contribution in [0, 0.1) is 0 Å². The summed E-state index contributed by atoms with van der Waals surface area (Å²) in [6.45, 7) is 2.10. The van der Waals surface area contributed by atoms with Crippen LogP contribution in [0.5, 0.6) is 0 Å². The Bertz CT molecular complexity index is 423. The maximum Gasteiger partial charge on any atom is 0.198 e. The van der Waals surface area contributed by atoms with Crippen molar-refractivity contribution in [1.29, 1.82) is 0 Å². The minimum Gasteiger partial charge on any atom is -0.282 e. The lowest BCUT2D eigenvalue weighted by molar-refractivity contribution is 0.817. The van der Waals surface area contributed by atoms with Gasteiger partial charge in [0, 0.05) is 18.8 Å². The number of fused-ring (bicyclic) bond motifs is 1. The molecule has 2 aromatic heterocycles. The summed E-state index contributed by atoms with van der Waals surface area (Å²) in [5.74, 6) is 0.932. The molecule has 68 valence electrons. The molecule has 2 heterocycles. The Balaban J connectivity index is 2.61. The molecule has 5 heteroatoms. The molecule has 0 spiro atoms. The van der Waals surface area contributed by atoms with Crippen molar-refractivity contribution < 1.29 is 0 Å². The van der Waals surface area contributed by atoms with Crippen molar-refractivity contribution in [2.75, 3.05) is 0 Å². The summed E-state index contributed by atoms with van der Waals surface area (Å²) in [4.78, 5) is 3.92. The van der Waals surface area contributed by atoms with Gasteiger partial charge in [0.15, 0.2) is 10.8 Å². The number of aryl methyl sites for hydroxylation is 1. The van der Waals surface area contributed by atoms with Crippen LogP contribution in [-0.2, 0) is 6.42 Å². The monoisotopic (exact) mass is 196 g/mol. The van der Waals surface area contributed by atoms with Gasteiger partial charge in [0.1, 0.15) is 5.82 Å². The Morgan fingerprint density at radius 3 is 3.08 bits per heavy atom. The van der Waals surface area contributed by atoms with Gasteiger partial charge in [0.05, 0.1) is 0 Å². The molecule has 0 unspecified atom stereocenters. The zero-order valence-corrected chi connectivity index (χ0v) is 7.99. The molecular weight excluding hydrogens is 188 g/mol. The van der Waals surface area contributed by atoms with Crippen LogP contribution in [-0.4, -0.2) is 19.6 Å². The van der Waals surface area contributed by atoms with E-state index in [1.807, 2.05) is 10.6 Å². The predicted octanol–water partition coefficient (Wildman–Crippen LogP) is 1.73. The molecule has 0 fully saturated rings. The topological polar surface area (TPSA) is 43.1 Å². The molecule has 0 saturated carbocycles. The first kappa shape index (κ1) is 8.44. The van der Waals surface area contributed by atoms with E-state index in [1.165, 1.54) is 0 Å². The van der Waals surface area contributed by atoms with Gasteiger partial charge in [0.2, 0.25) is 0 Å². The van der Waals surface area contributed by atoms with E-state index >= 15 is 0 Å². The van der Waals surface area contributed by atoms with E-state index in [1.54, 1.807) is 6.20 Å². The van der Waals surface area contributed by atoms with E-state index in [0.29, 0.717) is 10.8 Å². The van der Waals surface area contributed by atoms with Crippen molar-refractivity contribution >= 4 is 17.2 Å². The number of hydrogen-bond donors (Lipinski definition) is 0. The second-order valence-corrected chi connectivity index (χ2v) is 3.14. The first-order chi connectivity index (χ1) is 6.33. The minimum absolute atomic E-state index is 0.400. The molecule has 2 rings (SSSR count). The van der Waals surface area contributed by atoms with Crippen molar-refractivity contribution in [3.63, 3.8) is 0 Å². The first-order valence-electron chi connectivity index (χ1n) is 4.17. The van der Waals surface area contributed by atoms with Gasteiger partial charge in [0.25, 0.3) is 0 Å². The van der Waals surface area contributed by atoms with Gasteiger partial charge in [-0.05, 0) is 6.42 Å². The van der Waals surface area contributed by atoms with Gasteiger partial charge in [-0.2, -0.15) is 0 Å². The summed E-state index contributed by atoms with van der Waals surface area (Å²) in [6, 6.07) is 0. The summed E-state index contributed by atoms with van der Waals surface area (Å²) in [5.41, 5.74) is 0.632. The van der Waals surface area contributed by atoms with Crippen LogP contribution in [0.2, 0.25) is 5.15 Å². The predicted molar refractivity (Wildman–Crippen MR) is 49.8 cm³/mol. The Kier molecular flexibility index (Phi) is 2.14. The van der Waals surface area contributed by atoms with Crippen LogP contribution >= 0.6 is 11.6 Å². The molecule has 0 N–H and O–H groups in total. The molecule has 0 aliphatic heterocycles. The standard InChI is InChI=1S/C8H9ClN4/c1-2-3-6-11-12-8-7(9)10-4-5-13(6)8/h4-5H,2-3H2,1H3. The van der Waals surface area contributed by atoms with Crippen LogP contribution in [0.1, 0.15) is 19.2 Å². The average Bonchev–Trinajstić information content (AvgIpc) is 2.51. The molecule has 0 amide bonds. The number of rotatable bonds is 2. The molecule has 0 atom stereocenters. The summed E-state index contributed by atoms with van der Waals surface area (Å²) in [6.07, 6.45) is 5.42. The Labute approximate surface area is 80.6 Å². The van der Waals surface area contributed by atoms with Crippen molar-refractivity contribution in [1.82, 2.24) is 19.6 Å². The molecule has 0 aromatic carbocycles. The fourth-order valence-electron chi connectivity index (χ4n) is 1.24. The zero-order chi connectivity index (χ0) is 9.26. The highest BCUT2D eigenvalue weighted by Crippen LogP contribution is 2.12. The van der Waals surface area contributed by atoms with Crippen LogP contribution in [0.4, 0.5) is 0 Å². The summed E-state index contributed by atoms with van der Waals surface area (Å²) < 4.78 is 1.87. The second-order valence-electron chi connectivity index (χ2n) is 2.78. The van der Waals surface area contributed by atoms with Crippen LogP contribution in [0.15, 0.2) is 12.4 Å². The van der Waals surface area contributed by atoms with E-state index in [4.69, 9.17) is 11.6 Å². The number of aromatic nitrogens is 4. The van der Waals surface area contributed by atoms with Crippen molar-refractivity contribution in [2.24, 2.45) is 0 Å². The van der Waals surface area contributed by atoms with Crippen molar-refractivity contribution in [3.8, 4) is 0 Å². The van der Waals surface area contributed by atoms with E-state index < -0.39 is 0 Å². The van der Waals surface area contributed by atoms with Gasteiger partial charge in [-0.15, -0.1) is 10.2 Å². The fraction of sp³-hybridized carbons (Fsp3) is 0.375. The van der Waals surface area contributed by atoms with E-state index in [2.05, 4.69) is 22.1 Å². The van der Waals surface area contributed by atoms with Gasteiger partial charge in [-0.25, -0.2) is 4.98 Å². The minimum atomic E-state index is 0.400. The molecule has 0 bridgehead atoms. The highest BCUT2D eigenvalue weighted by atomic mass is 35.5. The molecule has 0 aliphatic carbocycles. The van der Waals surface area contributed by atoms with E-state index in [-0.39, 0.29) is 0 Å². The third-order valence-electron chi connectivity index (χ3n) is 1.83. The molecular formula is C8H9ClN4. The van der Waals surface area contributed by atoms with Crippen LogP contribution in [0.3, 0.4) is 0 Å². The van der Waals surface area contributed by atoms with Gasteiger partial charge in [-0.1, -0.05) is 18.5 Å². The third kappa shape index (κ3) is 1.37. The van der Waals surface area contributed by atoms with E-state index in [9.17, 15) is 0 Å². The first-order valence-corrected chi connectivity index (χ1v) is 4.55. The Hall–Kier alpha value is -1.16. The largest absolute Gasteiger partial charge is 0.282 e. The van der Waals surface area contributed by atoms with Crippen molar-refractivity contribution in [3.05, 3.63) is 23.4 Å². The summed E-state index contributed by atoms with van der Waals surface area (Å²) in [7, 11) is 0. The highest BCUT2D eigenvalue weighted by Gasteiger charge is 2.06. The SMILES string of the molecule is CCCc1nnc2c(Cl)nccn12. The average molecular weight is 197 g/mol. The smallest absolute Gasteiger partial charge is 0.198 e. The van der Waals surface area contributed by atoms with Crippen LogP contribution in [0.25, 0.3) is 5.65 Å². The molecule has 13 heavy (non-hydrogen) atoms. The lowest BCUT2D eigenvalue weighted by Gasteiger charge is -1.96. The fourth-order valence-corrected chi connectivity index (χ4v) is 1.42. The number of halogens is 1. The Morgan fingerprint density at radius 1 is 1.46 bits per heavy atom. The summed E-state index contributed by atoms with van der Waals surface area (Å²) in [5, 5.41) is 8.39. The van der Waals surface area contributed by atoms with Gasteiger partial charge in [-0.3, -0.25) is 4.40 Å². The van der Waals surface area contributed by atoms with Gasteiger partial charge < -0.3 is 0 Å². The highest BCUT2D eigenvalue weighted by molar-refractivity contribution is 6.32. The third-order valence-corrected chi connectivity index (χ3v) is 2.09. The quantitative estimate of drug-likeness (QED) is 0.735. The van der Waals surface area contributed by atoms with Crippen LogP contribution < -0.4 is 0 Å². The molecule has 2 aromatic rings. The lowest BCUT2D eigenvalue weighted by atomic mass is 10.3.